The first-order valence-electron chi connectivity index (χ1n) is 8.99. The quantitative estimate of drug-likeness (QED) is 0.574. The minimum Gasteiger partial charge on any atom is -0.406 e. The fraction of sp³-hybridized carbons (Fsp3) is 0.273. The van der Waals surface area contributed by atoms with Crippen molar-refractivity contribution in [2.24, 2.45) is 0 Å². The summed E-state index contributed by atoms with van der Waals surface area (Å²) in [4.78, 5) is 0. The smallest absolute Gasteiger partial charge is 0.406 e. The van der Waals surface area contributed by atoms with E-state index in [1.807, 2.05) is 37.6 Å². The van der Waals surface area contributed by atoms with Gasteiger partial charge in [0.25, 0.3) is 0 Å². The molecule has 0 bridgehead atoms. The van der Waals surface area contributed by atoms with Gasteiger partial charge in [-0.15, -0.1) is 13.2 Å². The monoisotopic (exact) mass is 399 g/mol. The van der Waals surface area contributed by atoms with Crippen LogP contribution in [0.1, 0.15) is 33.6 Å². The van der Waals surface area contributed by atoms with E-state index in [0.717, 1.165) is 33.6 Å². The van der Waals surface area contributed by atoms with Crippen molar-refractivity contribution in [1.82, 2.24) is 9.78 Å². The van der Waals surface area contributed by atoms with Gasteiger partial charge < -0.3 is 4.74 Å². The zero-order valence-corrected chi connectivity index (χ0v) is 16.6. The number of benzene rings is 2. The van der Waals surface area contributed by atoms with Crippen molar-refractivity contribution in [3.63, 3.8) is 0 Å². The van der Waals surface area contributed by atoms with Crippen molar-refractivity contribution < 1.29 is 17.9 Å². The van der Waals surface area contributed by atoms with Gasteiger partial charge in [-0.3, -0.25) is 4.68 Å². The number of ether oxygens (including phenoxy) is 1. The lowest BCUT2D eigenvalue weighted by Gasteiger charge is -2.13. The molecule has 0 unspecified atom stereocenters. The normalized spacial score (nSPS) is 11.4. The minimum absolute atomic E-state index is 0.205. The van der Waals surface area contributed by atoms with Crippen molar-refractivity contribution in [2.45, 2.75) is 40.6 Å². The molecule has 7 heteroatoms. The summed E-state index contributed by atoms with van der Waals surface area (Å²) < 4.78 is 43.2. The minimum atomic E-state index is -4.71. The van der Waals surface area contributed by atoms with Crippen LogP contribution in [0.3, 0.4) is 0 Å². The van der Waals surface area contributed by atoms with Crippen LogP contribution in [-0.4, -0.2) is 16.1 Å². The topological polar surface area (TPSA) is 50.8 Å². The van der Waals surface area contributed by atoms with Gasteiger partial charge in [-0.2, -0.15) is 10.4 Å². The molecule has 0 spiro atoms. The van der Waals surface area contributed by atoms with Gasteiger partial charge in [0.15, 0.2) is 0 Å². The number of alkyl halides is 3. The fourth-order valence-electron chi connectivity index (χ4n) is 3.44. The molecule has 29 heavy (non-hydrogen) atoms. The fourth-order valence-corrected chi connectivity index (χ4v) is 3.44. The summed E-state index contributed by atoms with van der Waals surface area (Å²) in [5.41, 5.74) is 6.52. The molecule has 0 saturated heterocycles. The second kappa shape index (κ2) is 7.63. The highest BCUT2D eigenvalue weighted by Gasteiger charge is 2.31. The van der Waals surface area contributed by atoms with E-state index in [1.54, 1.807) is 25.1 Å². The molecule has 0 atom stereocenters. The van der Waals surface area contributed by atoms with Crippen molar-refractivity contribution >= 4 is 0 Å². The van der Waals surface area contributed by atoms with Crippen molar-refractivity contribution in [1.29, 1.82) is 5.26 Å². The predicted octanol–water partition coefficient (Wildman–Crippen LogP) is 5.60. The predicted molar refractivity (Wildman–Crippen MR) is 104 cm³/mol. The molecule has 4 nitrogen and oxygen atoms in total. The maximum atomic E-state index is 12.5. The van der Waals surface area contributed by atoms with E-state index in [4.69, 9.17) is 5.26 Å². The first-order valence-corrected chi connectivity index (χ1v) is 8.99. The zero-order valence-electron chi connectivity index (χ0n) is 16.6. The molecule has 0 aliphatic carbocycles. The van der Waals surface area contributed by atoms with Crippen LogP contribution in [-0.2, 0) is 6.54 Å². The summed E-state index contributed by atoms with van der Waals surface area (Å²) in [6.45, 7) is 7.77. The number of nitriles is 1. The van der Waals surface area contributed by atoms with Crippen LogP contribution in [0.15, 0.2) is 36.4 Å². The Bertz CT molecular complexity index is 1110. The Balaban J connectivity index is 1.90. The average molecular weight is 399 g/mol. The van der Waals surface area contributed by atoms with E-state index < -0.39 is 6.36 Å². The van der Waals surface area contributed by atoms with Gasteiger partial charge in [-0.05, 0) is 68.1 Å². The third kappa shape index (κ3) is 4.43. The van der Waals surface area contributed by atoms with Crippen LogP contribution in [0.4, 0.5) is 13.2 Å². The van der Waals surface area contributed by atoms with Gasteiger partial charge >= 0.3 is 6.36 Å². The summed E-state index contributed by atoms with van der Waals surface area (Å²) in [6.07, 6.45) is -4.71. The van der Waals surface area contributed by atoms with Gasteiger partial charge in [0, 0.05) is 11.3 Å². The van der Waals surface area contributed by atoms with E-state index in [0.29, 0.717) is 17.7 Å². The highest BCUT2D eigenvalue weighted by Crippen LogP contribution is 2.30. The largest absolute Gasteiger partial charge is 0.573 e. The molecule has 1 aromatic heterocycles. The van der Waals surface area contributed by atoms with Crippen LogP contribution >= 0.6 is 0 Å². The molecule has 0 fully saturated rings. The molecular formula is C22H20F3N3O. The number of hydrogen-bond donors (Lipinski definition) is 0. The van der Waals surface area contributed by atoms with E-state index >= 15 is 0 Å². The van der Waals surface area contributed by atoms with Crippen LogP contribution < -0.4 is 4.74 Å². The Hall–Kier alpha value is -3.27. The Kier molecular flexibility index (Phi) is 5.38. The van der Waals surface area contributed by atoms with Crippen LogP contribution in [0, 0.1) is 39.0 Å². The van der Waals surface area contributed by atoms with Crippen molar-refractivity contribution in [2.75, 3.05) is 0 Å². The molecule has 3 aromatic rings. The van der Waals surface area contributed by atoms with Crippen LogP contribution in [0.2, 0.25) is 0 Å². The third-order valence-electron chi connectivity index (χ3n) is 4.81. The number of aryl methyl sites for hydroxylation is 3. The summed E-state index contributed by atoms with van der Waals surface area (Å²) >= 11 is 0. The number of nitrogens with zero attached hydrogens (tertiary/aromatic N) is 3. The maximum absolute atomic E-state index is 12.5. The van der Waals surface area contributed by atoms with Crippen LogP contribution in [0.5, 0.6) is 5.75 Å². The standard InChI is InChI=1S/C22H20F3N3O/c1-13-10-18(6-7-19(13)11-26)21-15(3)27-28(16(21)4)12-17-5-8-20(14(2)9-17)29-22(23,24)25/h5-10H,12H2,1-4H3. The Labute approximate surface area is 167 Å². The molecule has 1 heterocycles. The van der Waals surface area contributed by atoms with Crippen LogP contribution in [0.25, 0.3) is 11.1 Å². The van der Waals surface area contributed by atoms with Crippen molar-refractivity contribution in [3.8, 4) is 22.9 Å². The SMILES string of the molecule is Cc1cc(-c2c(C)nn(Cc3ccc(OC(F)(F)F)c(C)c3)c2C)ccc1C#N. The van der Waals surface area contributed by atoms with Gasteiger partial charge in [-0.1, -0.05) is 18.2 Å². The van der Waals surface area contributed by atoms with E-state index in [1.165, 1.54) is 6.07 Å². The highest BCUT2D eigenvalue weighted by molar-refractivity contribution is 5.70. The zero-order chi connectivity index (χ0) is 21.3. The Morgan fingerprint density at radius 1 is 1.03 bits per heavy atom. The molecular weight excluding hydrogens is 379 g/mol. The van der Waals surface area contributed by atoms with E-state index in [-0.39, 0.29) is 5.75 Å². The van der Waals surface area contributed by atoms with Gasteiger partial charge in [0.1, 0.15) is 5.75 Å². The molecule has 2 aromatic carbocycles. The lowest BCUT2D eigenvalue weighted by molar-refractivity contribution is -0.274. The molecule has 0 aliphatic heterocycles. The van der Waals surface area contributed by atoms with Gasteiger partial charge in [0.05, 0.1) is 23.9 Å². The first-order chi connectivity index (χ1) is 13.6. The molecule has 0 N–H and O–H groups in total. The summed E-state index contributed by atoms with van der Waals surface area (Å²) in [5.74, 6) is -0.205. The van der Waals surface area contributed by atoms with Crippen molar-refractivity contribution in [3.05, 3.63) is 70.0 Å². The highest BCUT2D eigenvalue weighted by atomic mass is 19.4. The lowest BCUT2D eigenvalue weighted by atomic mass is 9.99. The third-order valence-corrected chi connectivity index (χ3v) is 4.81. The number of hydrogen-bond acceptors (Lipinski definition) is 3. The molecule has 3 rings (SSSR count). The Morgan fingerprint density at radius 2 is 1.76 bits per heavy atom. The van der Waals surface area contributed by atoms with E-state index in [2.05, 4.69) is 15.9 Å². The number of rotatable bonds is 4. The van der Waals surface area contributed by atoms with E-state index in [9.17, 15) is 13.2 Å². The summed E-state index contributed by atoms with van der Waals surface area (Å²) in [7, 11) is 0. The number of aromatic nitrogens is 2. The summed E-state index contributed by atoms with van der Waals surface area (Å²) in [5, 5.41) is 13.7. The lowest BCUT2D eigenvalue weighted by Crippen LogP contribution is -2.17. The first kappa shape index (κ1) is 20.5. The molecule has 0 amide bonds. The molecule has 0 saturated carbocycles. The second-order valence-corrected chi connectivity index (χ2v) is 6.99. The molecule has 0 aliphatic rings. The summed E-state index contributed by atoms with van der Waals surface area (Å²) in [6, 6.07) is 12.4. The number of halogens is 3. The molecule has 150 valence electrons. The maximum Gasteiger partial charge on any atom is 0.573 e. The van der Waals surface area contributed by atoms with Gasteiger partial charge in [0.2, 0.25) is 0 Å². The average Bonchev–Trinajstić information content (AvgIpc) is 2.90. The second-order valence-electron chi connectivity index (χ2n) is 6.99. The van der Waals surface area contributed by atoms with Gasteiger partial charge in [-0.25, -0.2) is 0 Å². The Morgan fingerprint density at radius 3 is 2.34 bits per heavy atom. The molecule has 0 radical (unpaired) electrons.